The maximum atomic E-state index is 11.8. The van der Waals surface area contributed by atoms with Crippen molar-refractivity contribution in [2.75, 3.05) is 6.54 Å². The molecule has 0 aliphatic rings. The molecule has 4 N–H and O–H groups in total. The van der Waals surface area contributed by atoms with E-state index < -0.39 is 18.1 Å². The predicted octanol–water partition coefficient (Wildman–Crippen LogP) is 2.80. The van der Waals surface area contributed by atoms with Gasteiger partial charge < -0.3 is 15.2 Å². The largest absolute Gasteiger partial charge is 0.508 e. The number of carbonyl (C=O) groups is 2. The standard InChI is InChI=1S/C17H24N2O5/c1-2-6-15(13-8-10-14(20)11-9-13)24-17(22)18-12-5-3-4-7-16(21)19-23/h2,8-11,15,20,23H,1,3-7,12H2,(H,18,22)(H,19,21)/t15-/m0/s1. The molecule has 24 heavy (non-hydrogen) atoms. The molecule has 7 heteroatoms. The van der Waals surface area contributed by atoms with Gasteiger partial charge in [0.25, 0.3) is 0 Å². The molecule has 132 valence electrons. The summed E-state index contributed by atoms with van der Waals surface area (Å²) in [4.78, 5) is 22.7. The number of amides is 2. The van der Waals surface area contributed by atoms with Gasteiger partial charge in [-0.3, -0.25) is 10.0 Å². The molecule has 0 saturated carbocycles. The molecule has 0 radical (unpaired) electrons. The van der Waals surface area contributed by atoms with Gasteiger partial charge in [0.05, 0.1) is 0 Å². The van der Waals surface area contributed by atoms with Crippen LogP contribution >= 0.6 is 0 Å². The Labute approximate surface area is 141 Å². The maximum Gasteiger partial charge on any atom is 0.407 e. The van der Waals surface area contributed by atoms with Gasteiger partial charge in [-0.1, -0.05) is 24.6 Å². The summed E-state index contributed by atoms with van der Waals surface area (Å²) in [7, 11) is 0. The first-order chi connectivity index (χ1) is 11.6. The Morgan fingerprint density at radius 2 is 1.92 bits per heavy atom. The average Bonchev–Trinajstić information content (AvgIpc) is 2.58. The number of rotatable bonds is 10. The van der Waals surface area contributed by atoms with E-state index in [-0.39, 0.29) is 12.2 Å². The second-order valence-electron chi connectivity index (χ2n) is 5.28. The molecule has 0 unspecified atom stereocenters. The normalized spacial score (nSPS) is 11.4. The number of hydroxylamine groups is 1. The highest BCUT2D eigenvalue weighted by Gasteiger charge is 2.15. The molecule has 1 aromatic carbocycles. The van der Waals surface area contributed by atoms with Gasteiger partial charge >= 0.3 is 6.09 Å². The zero-order valence-electron chi connectivity index (χ0n) is 13.5. The summed E-state index contributed by atoms with van der Waals surface area (Å²) >= 11 is 0. The van der Waals surface area contributed by atoms with Crippen molar-refractivity contribution in [2.45, 2.75) is 38.2 Å². The van der Waals surface area contributed by atoms with Gasteiger partial charge in [0, 0.05) is 19.4 Å². The number of phenols is 1. The third-order valence-corrected chi connectivity index (χ3v) is 3.37. The van der Waals surface area contributed by atoms with Crippen LogP contribution in [0, 0.1) is 0 Å². The van der Waals surface area contributed by atoms with Crippen molar-refractivity contribution in [3.8, 4) is 5.75 Å². The lowest BCUT2D eigenvalue weighted by atomic mass is 10.1. The summed E-state index contributed by atoms with van der Waals surface area (Å²) in [5.41, 5.74) is 2.35. The Balaban J connectivity index is 2.31. The van der Waals surface area contributed by atoms with Gasteiger partial charge in [-0.25, -0.2) is 10.3 Å². The zero-order chi connectivity index (χ0) is 17.8. The van der Waals surface area contributed by atoms with Gasteiger partial charge in [0.1, 0.15) is 11.9 Å². The van der Waals surface area contributed by atoms with Crippen molar-refractivity contribution in [1.29, 1.82) is 0 Å². The SMILES string of the molecule is C=CC[C@H](OC(=O)NCCCCCC(=O)NO)c1ccc(O)cc1. The lowest BCUT2D eigenvalue weighted by molar-refractivity contribution is -0.129. The molecule has 2 amide bonds. The first kappa shape index (κ1) is 19.5. The van der Waals surface area contributed by atoms with Gasteiger partial charge in [-0.2, -0.15) is 0 Å². The highest BCUT2D eigenvalue weighted by atomic mass is 16.6. The highest BCUT2D eigenvalue weighted by Crippen LogP contribution is 2.23. The topological polar surface area (TPSA) is 108 Å². The van der Waals surface area contributed by atoms with Crippen LogP contribution in [0.2, 0.25) is 0 Å². The van der Waals surface area contributed by atoms with Gasteiger partial charge in [0.2, 0.25) is 5.91 Å². The number of alkyl carbamates (subject to hydrolysis) is 1. The van der Waals surface area contributed by atoms with Crippen LogP contribution in [-0.4, -0.2) is 28.9 Å². The number of benzene rings is 1. The van der Waals surface area contributed by atoms with Crippen LogP contribution < -0.4 is 10.8 Å². The van der Waals surface area contributed by atoms with E-state index in [0.717, 1.165) is 12.0 Å². The van der Waals surface area contributed by atoms with Gasteiger partial charge in [0.15, 0.2) is 0 Å². The quantitative estimate of drug-likeness (QED) is 0.227. The molecule has 0 spiro atoms. The Hall–Kier alpha value is -2.54. The molecule has 0 heterocycles. The Kier molecular flexibility index (Phi) is 8.99. The van der Waals surface area contributed by atoms with Crippen LogP contribution in [0.15, 0.2) is 36.9 Å². The number of aromatic hydroxyl groups is 1. The van der Waals surface area contributed by atoms with E-state index in [1.54, 1.807) is 23.7 Å². The summed E-state index contributed by atoms with van der Waals surface area (Å²) in [6.45, 7) is 4.10. The lowest BCUT2D eigenvalue weighted by Gasteiger charge is -2.17. The van der Waals surface area contributed by atoms with E-state index in [2.05, 4.69) is 11.9 Å². The molecule has 0 aliphatic carbocycles. The molecule has 0 fully saturated rings. The van der Waals surface area contributed by atoms with E-state index in [0.29, 0.717) is 25.8 Å². The predicted molar refractivity (Wildman–Crippen MR) is 88.5 cm³/mol. The van der Waals surface area contributed by atoms with Crippen molar-refractivity contribution >= 4 is 12.0 Å². The summed E-state index contributed by atoms with van der Waals surface area (Å²) < 4.78 is 5.38. The summed E-state index contributed by atoms with van der Waals surface area (Å²) in [5.74, 6) is -0.265. The molecular formula is C17H24N2O5. The van der Waals surface area contributed by atoms with E-state index in [1.807, 2.05) is 0 Å². The molecule has 0 aromatic heterocycles. The van der Waals surface area contributed by atoms with Crippen LogP contribution in [0.4, 0.5) is 4.79 Å². The average molecular weight is 336 g/mol. The second-order valence-corrected chi connectivity index (χ2v) is 5.28. The van der Waals surface area contributed by atoms with Crippen LogP contribution in [0.3, 0.4) is 0 Å². The van der Waals surface area contributed by atoms with E-state index in [9.17, 15) is 14.7 Å². The molecule has 0 aliphatic heterocycles. The minimum atomic E-state index is -0.525. The van der Waals surface area contributed by atoms with Gasteiger partial charge in [-0.05, 0) is 30.5 Å². The Morgan fingerprint density at radius 1 is 1.21 bits per heavy atom. The van der Waals surface area contributed by atoms with Crippen molar-refractivity contribution < 1.29 is 24.6 Å². The molecule has 7 nitrogen and oxygen atoms in total. The van der Waals surface area contributed by atoms with Crippen molar-refractivity contribution in [1.82, 2.24) is 10.8 Å². The first-order valence-corrected chi connectivity index (χ1v) is 7.84. The van der Waals surface area contributed by atoms with Crippen LogP contribution in [0.5, 0.6) is 5.75 Å². The number of hydrogen-bond acceptors (Lipinski definition) is 5. The summed E-state index contributed by atoms with van der Waals surface area (Å²) in [5, 5.41) is 20.3. The Bertz CT molecular complexity index is 530. The number of carbonyl (C=O) groups excluding carboxylic acids is 2. The lowest BCUT2D eigenvalue weighted by Crippen LogP contribution is -2.27. The van der Waals surface area contributed by atoms with Crippen LogP contribution in [-0.2, 0) is 9.53 Å². The Morgan fingerprint density at radius 3 is 2.54 bits per heavy atom. The van der Waals surface area contributed by atoms with Crippen molar-refractivity contribution in [3.05, 3.63) is 42.5 Å². The number of nitrogens with one attached hydrogen (secondary N) is 2. The molecule has 0 bridgehead atoms. The van der Waals surface area contributed by atoms with E-state index in [1.165, 1.54) is 12.1 Å². The van der Waals surface area contributed by atoms with Crippen molar-refractivity contribution in [3.63, 3.8) is 0 Å². The van der Waals surface area contributed by atoms with E-state index in [4.69, 9.17) is 9.94 Å². The van der Waals surface area contributed by atoms with Crippen LogP contribution in [0.25, 0.3) is 0 Å². The molecule has 1 rings (SSSR count). The smallest absolute Gasteiger partial charge is 0.407 e. The molecule has 1 aromatic rings. The number of phenolic OH excluding ortho intramolecular Hbond substituents is 1. The molecule has 1 atom stereocenters. The zero-order valence-corrected chi connectivity index (χ0v) is 13.5. The molecular weight excluding hydrogens is 312 g/mol. The minimum Gasteiger partial charge on any atom is -0.508 e. The minimum absolute atomic E-state index is 0.149. The van der Waals surface area contributed by atoms with Crippen molar-refractivity contribution in [2.24, 2.45) is 0 Å². The maximum absolute atomic E-state index is 11.8. The fraction of sp³-hybridized carbons (Fsp3) is 0.412. The first-order valence-electron chi connectivity index (χ1n) is 7.84. The summed E-state index contributed by atoms with van der Waals surface area (Å²) in [6.07, 6.45) is 3.49. The third kappa shape index (κ3) is 7.64. The number of ether oxygens (including phenoxy) is 1. The van der Waals surface area contributed by atoms with E-state index >= 15 is 0 Å². The summed E-state index contributed by atoms with van der Waals surface area (Å²) in [6, 6.07) is 6.47. The molecule has 0 saturated heterocycles. The second kappa shape index (κ2) is 11.1. The monoisotopic (exact) mass is 336 g/mol. The number of unbranched alkanes of at least 4 members (excludes halogenated alkanes) is 2. The fourth-order valence-electron chi connectivity index (χ4n) is 2.10. The van der Waals surface area contributed by atoms with Gasteiger partial charge in [-0.15, -0.1) is 6.58 Å². The number of hydrogen-bond donors (Lipinski definition) is 4. The van der Waals surface area contributed by atoms with Crippen LogP contribution in [0.1, 0.15) is 43.8 Å². The fourth-order valence-corrected chi connectivity index (χ4v) is 2.10. The third-order valence-electron chi connectivity index (χ3n) is 3.37. The highest BCUT2D eigenvalue weighted by molar-refractivity contribution is 5.74.